The van der Waals surface area contributed by atoms with Gasteiger partial charge in [-0.05, 0) is 60.0 Å². The van der Waals surface area contributed by atoms with E-state index in [1.54, 1.807) is 48.5 Å². The van der Waals surface area contributed by atoms with Gasteiger partial charge in [0.15, 0.2) is 0 Å². The quantitative estimate of drug-likeness (QED) is 0.398. The number of carbonyl (C=O) groups is 2. The summed E-state index contributed by atoms with van der Waals surface area (Å²) in [6.45, 7) is 1.69. The van der Waals surface area contributed by atoms with Crippen LogP contribution in [0.1, 0.15) is 34.0 Å². The molecule has 0 saturated carbocycles. The second-order valence-corrected chi connectivity index (χ2v) is 9.85. The first kappa shape index (κ1) is 24.4. The van der Waals surface area contributed by atoms with Crippen LogP contribution in [0.25, 0.3) is 0 Å². The third-order valence-electron chi connectivity index (χ3n) is 5.70. The SMILES string of the molecule is C[C@@]1(Cc2cccc(Cl)c2Cl)Cc2cc(C(=O)N(CC(=O)O)Cc3cccc(Cl)c3)ccc2O1. The Hall–Kier alpha value is -2.73. The van der Waals surface area contributed by atoms with Crippen molar-refractivity contribution in [1.82, 2.24) is 4.90 Å². The summed E-state index contributed by atoms with van der Waals surface area (Å²) in [5.74, 6) is -0.778. The molecular weight excluding hydrogens is 497 g/mol. The molecule has 0 unspecified atom stereocenters. The van der Waals surface area contributed by atoms with E-state index >= 15 is 0 Å². The summed E-state index contributed by atoms with van der Waals surface area (Å²) in [5.41, 5.74) is 2.35. The highest BCUT2D eigenvalue weighted by Gasteiger charge is 2.36. The Morgan fingerprint density at radius 2 is 1.82 bits per heavy atom. The van der Waals surface area contributed by atoms with Crippen LogP contribution in [-0.4, -0.2) is 34.0 Å². The second kappa shape index (κ2) is 9.87. The molecule has 0 saturated heterocycles. The van der Waals surface area contributed by atoms with E-state index in [1.807, 2.05) is 19.1 Å². The lowest BCUT2D eigenvalue weighted by atomic mass is 9.91. The number of amides is 1. The molecule has 3 aromatic rings. The fraction of sp³-hybridized carbons (Fsp3) is 0.231. The zero-order valence-electron chi connectivity index (χ0n) is 18.4. The molecule has 8 heteroatoms. The van der Waals surface area contributed by atoms with Crippen LogP contribution >= 0.6 is 34.8 Å². The predicted molar refractivity (Wildman–Crippen MR) is 133 cm³/mol. The standard InChI is InChI=1S/C26H22Cl3NO4/c1-26(12-18-5-3-7-21(28)24(18)29)13-19-11-17(8-9-22(19)34-26)25(33)30(15-23(31)32)14-16-4-2-6-20(27)10-16/h2-11H,12-15H2,1H3,(H,31,32)/t26-/m1/s1. The summed E-state index contributed by atoms with van der Waals surface area (Å²) in [4.78, 5) is 26.0. The van der Waals surface area contributed by atoms with Crippen molar-refractivity contribution in [3.8, 4) is 5.75 Å². The molecule has 3 aromatic carbocycles. The van der Waals surface area contributed by atoms with Gasteiger partial charge in [-0.2, -0.15) is 0 Å². The van der Waals surface area contributed by atoms with Crippen LogP contribution in [-0.2, 0) is 24.2 Å². The Morgan fingerprint density at radius 3 is 2.56 bits per heavy atom. The highest BCUT2D eigenvalue weighted by Crippen LogP contribution is 2.39. The summed E-state index contributed by atoms with van der Waals surface area (Å²) in [7, 11) is 0. The Bertz CT molecular complexity index is 1260. The lowest BCUT2D eigenvalue weighted by Crippen LogP contribution is -2.35. The molecule has 1 heterocycles. The number of aliphatic carboxylic acids is 1. The molecule has 0 aromatic heterocycles. The molecule has 1 amide bonds. The molecule has 0 spiro atoms. The van der Waals surface area contributed by atoms with Gasteiger partial charge in [-0.3, -0.25) is 9.59 Å². The molecule has 176 valence electrons. The maximum Gasteiger partial charge on any atom is 0.323 e. The lowest BCUT2D eigenvalue weighted by Gasteiger charge is -2.24. The van der Waals surface area contributed by atoms with Gasteiger partial charge in [-0.15, -0.1) is 0 Å². The average molecular weight is 519 g/mol. The summed E-state index contributed by atoms with van der Waals surface area (Å²) in [6, 6.07) is 17.7. The number of carboxylic acids is 1. The molecule has 1 atom stereocenters. The van der Waals surface area contributed by atoms with Crippen LogP contribution < -0.4 is 4.74 Å². The molecule has 0 radical (unpaired) electrons. The monoisotopic (exact) mass is 517 g/mol. The fourth-order valence-electron chi connectivity index (χ4n) is 4.24. The van der Waals surface area contributed by atoms with Crippen LogP contribution in [0.3, 0.4) is 0 Å². The fourth-order valence-corrected chi connectivity index (χ4v) is 4.84. The summed E-state index contributed by atoms with van der Waals surface area (Å²) in [6.07, 6.45) is 1.11. The van der Waals surface area contributed by atoms with E-state index in [1.165, 1.54) is 4.90 Å². The zero-order chi connectivity index (χ0) is 24.5. The van der Waals surface area contributed by atoms with E-state index < -0.39 is 18.1 Å². The van der Waals surface area contributed by atoms with E-state index in [0.717, 1.165) is 16.7 Å². The van der Waals surface area contributed by atoms with E-state index in [4.69, 9.17) is 39.5 Å². The molecule has 1 N–H and O–H groups in total. The lowest BCUT2D eigenvalue weighted by molar-refractivity contribution is -0.137. The third-order valence-corrected chi connectivity index (χ3v) is 6.79. The van der Waals surface area contributed by atoms with Gasteiger partial charge >= 0.3 is 5.97 Å². The smallest absolute Gasteiger partial charge is 0.323 e. The first-order valence-electron chi connectivity index (χ1n) is 10.6. The van der Waals surface area contributed by atoms with Gasteiger partial charge in [0.25, 0.3) is 5.91 Å². The number of halogens is 3. The number of hydrogen-bond acceptors (Lipinski definition) is 3. The number of nitrogens with zero attached hydrogens (tertiary/aromatic N) is 1. The zero-order valence-corrected chi connectivity index (χ0v) is 20.6. The number of hydrogen-bond donors (Lipinski definition) is 1. The Kier molecular flexibility index (Phi) is 7.08. The largest absolute Gasteiger partial charge is 0.487 e. The van der Waals surface area contributed by atoms with Crippen LogP contribution in [0.4, 0.5) is 0 Å². The highest BCUT2D eigenvalue weighted by atomic mass is 35.5. The van der Waals surface area contributed by atoms with Gasteiger partial charge in [0.2, 0.25) is 0 Å². The van der Waals surface area contributed by atoms with Crippen molar-refractivity contribution in [2.45, 2.75) is 31.9 Å². The minimum Gasteiger partial charge on any atom is -0.487 e. The maximum atomic E-state index is 13.3. The molecule has 0 fully saturated rings. The van der Waals surface area contributed by atoms with Gasteiger partial charge in [0.1, 0.15) is 17.9 Å². The van der Waals surface area contributed by atoms with Crippen molar-refractivity contribution in [3.05, 3.63) is 98.0 Å². The van der Waals surface area contributed by atoms with Crippen molar-refractivity contribution in [2.24, 2.45) is 0 Å². The van der Waals surface area contributed by atoms with Crippen LogP contribution in [0, 0.1) is 0 Å². The number of fused-ring (bicyclic) bond motifs is 1. The maximum absolute atomic E-state index is 13.3. The molecule has 4 rings (SSSR count). The first-order valence-corrected chi connectivity index (χ1v) is 11.8. The minimum atomic E-state index is -1.09. The van der Waals surface area contributed by atoms with E-state index in [9.17, 15) is 14.7 Å². The first-order chi connectivity index (χ1) is 16.1. The molecule has 34 heavy (non-hydrogen) atoms. The van der Waals surface area contributed by atoms with Crippen LogP contribution in [0.2, 0.25) is 15.1 Å². The minimum absolute atomic E-state index is 0.129. The summed E-state index contributed by atoms with van der Waals surface area (Å²) < 4.78 is 6.23. The van der Waals surface area contributed by atoms with Crippen molar-refractivity contribution < 1.29 is 19.4 Å². The van der Waals surface area contributed by atoms with Crippen molar-refractivity contribution >= 4 is 46.7 Å². The summed E-state index contributed by atoms with van der Waals surface area (Å²) in [5, 5.41) is 10.9. The molecule has 1 aliphatic heterocycles. The second-order valence-electron chi connectivity index (χ2n) is 8.63. The predicted octanol–water partition coefficient (Wildman–Crippen LogP) is 6.31. The van der Waals surface area contributed by atoms with Gasteiger partial charge in [0.05, 0.1) is 10.0 Å². The Morgan fingerprint density at radius 1 is 1.06 bits per heavy atom. The van der Waals surface area contributed by atoms with Gasteiger partial charge < -0.3 is 14.7 Å². The number of rotatable bonds is 7. The molecule has 0 bridgehead atoms. The molecule has 0 aliphatic carbocycles. The third kappa shape index (κ3) is 5.49. The number of carboxylic acid groups (broad SMARTS) is 1. The molecule has 1 aliphatic rings. The topological polar surface area (TPSA) is 66.8 Å². The number of benzene rings is 3. The number of ether oxygens (including phenoxy) is 1. The van der Waals surface area contributed by atoms with Crippen molar-refractivity contribution in [1.29, 1.82) is 0 Å². The normalized spacial score (nSPS) is 16.6. The van der Waals surface area contributed by atoms with Crippen molar-refractivity contribution in [2.75, 3.05) is 6.54 Å². The Labute approximate surface area is 212 Å². The van der Waals surface area contributed by atoms with Crippen LogP contribution in [0.5, 0.6) is 5.75 Å². The van der Waals surface area contributed by atoms with Crippen LogP contribution in [0.15, 0.2) is 60.7 Å². The van der Waals surface area contributed by atoms with Gasteiger partial charge in [-0.1, -0.05) is 59.1 Å². The Balaban J connectivity index is 1.55. The average Bonchev–Trinajstić information content (AvgIpc) is 3.10. The van der Waals surface area contributed by atoms with Gasteiger partial charge in [-0.25, -0.2) is 0 Å². The van der Waals surface area contributed by atoms with E-state index in [-0.39, 0.29) is 12.5 Å². The highest BCUT2D eigenvalue weighted by molar-refractivity contribution is 6.42. The molecular formula is C26H22Cl3NO4. The van der Waals surface area contributed by atoms with E-state index in [0.29, 0.717) is 39.2 Å². The number of carbonyl (C=O) groups excluding carboxylic acids is 1. The molecule has 5 nitrogen and oxygen atoms in total. The van der Waals surface area contributed by atoms with E-state index in [2.05, 4.69) is 0 Å². The summed E-state index contributed by atoms with van der Waals surface area (Å²) >= 11 is 18.6. The van der Waals surface area contributed by atoms with Gasteiger partial charge in [0, 0.05) is 30.0 Å². The van der Waals surface area contributed by atoms with Crippen molar-refractivity contribution in [3.63, 3.8) is 0 Å².